The Bertz CT molecular complexity index is 321. The Kier molecular flexibility index (Phi) is 3.76. The molecule has 0 spiro atoms. The van der Waals surface area contributed by atoms with Gasteiger partial charge in [0.1, 0.15) is 0 Å². The number of nitrogens with zero attached hydrogens (tertiary/aromatic N) is 3. The number of rotatable bonds is 2. The van der Waals surface area contributed by atoms with Crippen LogP contribution in [0.25, 0.3) is 0 Å². The molecule has 0 aliphatic heterocycles. The molecule has 1 aromatic rings. The van der Waals surface area contributed by atoms with E-state index in [9.17, 15) is 0 Å². The van der Waals surface area contributed by atoms with Crippen molar-refractivity contribution in [2.24, 2.45) is 0 Å². The van der Waals surface area contributed by atoms with Crippen molar-refractivity contribution in [2.75, 3.05) is 0 Å². The molecule has 0 aromatic carbocycles. The van der Waals surface area contributed by atoms with E-state index in [0.717, 1.165) is 17.7 Å². The molecule has 0 atom stereocenters. The lowest BCUT2D eigenvalue weighted by Crippen LogP contribution is -1.99. The standard InChI is InChI=1S/C7H7Br2N3/c1-2-3-4-5-12-7(9)10-6(8)11-12/h4-5H2,1H3. The lowest BCUT2D eigenvalue weighted by atomic mass is 10.4. The Morgan fingerprint density at radius 1 is 1.50 bits per heavy atom. The zero-order valence-electron chi connectivity index (χ0n) is 6.51. The average molecular weight is 293 g/mol. The number of aryl methyl sites for hydroxylation is 1. The summed E-state index contributed by atoms with van der Waals surface area (Å²) in [6, 6.07) is 0. The minimum Gasteiger partial charge on any atom is -0.238 e. The van der Waals surface area contributed by atoms with Crippen molar-refractivity contribution in [1.82, 2.24) is 14.8 Å². The van der Waals surface area contributed by atoms with Crippen molar-refractivity contribution < 1.29 is 0 Å². The summed E-state index contributed by atoms with van der Waals surface area (Å²) in [5.41, 5.74) is 0. The van der Waals surface area contributed by atoms with Crippen molar-refractivity contribution in [1.29, 1.82) is 0 Å². The molecule has 0 fully saturated rings. The summed E-state index contributed by atoms with van der Waals surface area (Å²) in [5, 5.41) is 4.09. The topological polar surface area (TPSA) is 30.7 Å². The maximum Gasteiger partial charge on any atom is 0.218 e. The van der Waals surface area contributed by atoms with Crippen LogP contribution < -0.4 is 0 Å². The molecule has 5 heteroatoms. The average Bonchev–Trinajstić information content (AvgIpc) is 2.31. The molecule has 0 unspecified atom stereocenters. The molecule has 0 amide bonds. The quantitative estimate of drug-likeness (QED) is 0.783. The molecule has 1 rings (SSSR count). The summed E-state index contributed by atoms with van der Waals surface area (Å²) in [6.07, 6.45) is 0.797. The summed E-state index contributed by atoms with van der Waals surface area (Å²) < 4.78 is 3.08. The van der Waals surface area contributed by atoms with Crippen LogP contribution in [0.4, 0.5) is 0 Å². The van der Waals surface area contributed by atoms with E-state index in [4.69, 9.17) is 0 Å². The molecule has 64 valence electrons. The third kappa shape index (κ3) is 2.61. The smallest absolute Gasteiger partial charge is 0.218 e. The van der Waals surface area contributed by atoms with Crippen LogP contribution in [-0.2, 0) is 6.54 Å². The molecule has 0 bridgehead atoms. The minimum atomic E-state index is 0.596. The number of hydrogen-bond donors (Lipinski definition) is 0. The fourth-order valence-electron chi connectivity index (χ4n) is 0.726. The fraction of sp³-hybridized carbons (Fsp3) is 0.429. The first-order valence-corrected chi connectivity index (χ1v) is 4.98. The zero-order valence-corrected chi connectivity index (χ0v) is 9.68. The van der Waals surface area contributed by atoms with E-state index in [1.165, 1.54) is 0 Å². The van der Waals surface area contributed by atoms with Crippen molar-refractivity contribution in [3.8, 4) is 11.8 Å². The summed E-state index contributed by atoms with van der Waals surface area (Å²) in [5.74, 6) is 5.78. The van der Waals surface area contributed by atoms with Crippen LogP contribution in [0.3, 0.4) is 0 Å². The summed E-state index contributed by atoms with van der Waals surface area (Å²) >= 11 is 6.46. The Labute approximate surface area is 87.8 Å². The van der Waals surface area contributed by atoms with Crippen LogP contribution in [-0.4, -0.2) is 14.8 Å². The highest BCUT2D eigenvalue weighted by atomic mass is 79.9. The summed E-state index contributed by atoms with van der Waals surface area (Å²) in [7, 11) is 0. The van der Waals surface area contributed by atoms with Gasteiger partial charge in [0.05, 0.1) is 6.54 Å². The van der Waals surface area contributed by atoms with Crippen LogP contribution >= 0.6 is 31.9 Å². The fourth-order valence-corrected chi connectivity index (χ4v) is 1.75. The van der Waals surface area contributed by atoms with Gasteiger partial charge in [-0.2, -0.15) is 4.98 Å². The van der Waals surface area contributed by atoms with Crippen LogP contribution in [0, 0.1) is 11.8 Å². The number of aromatic nitrogens is 3. The Morgan fingerprint density at radius 3 is 2.75 bits per heavy atom. The predicted molar refractivity (Wildman–Crippen MR) is 53.5 cm³/mol. The van der Waals surface area contributed by atoms with Crippen molar-refractivity contribution in [3.05, 3.63) is 9.47 Å². The normalized spacial score (nSPS) is 9.25. The summed E-state index contributed by atoms with van der Waals surface area (Å²) in [6.45, 7) is 2.59. The van der Waals surface area contributed by atoms with E-state index in [1.54, 1.807) is 4.68 Å². The van der Waals surface area contributed by atoms with Gasteiger partial charge >= 0.3 is 0 Å². The number of hydrogen-bond acceptors (Lipinski definition) is 2. The first-order valence-electron chi connectivity index (χ1n) is 3.39. The van der Waals surface area contributed by atoms with Gasteiger partial charge in [0.25, 0.3) is 0 Å². The summed E-state index contributed by atoms with van der Waals surface area (Å²) in [4.78, 5) is 4.03. The molecule has 0 radical (unpaired) electrons. The van der Waals surface area contributed by atoms with Gasteiger partial charge < -0.3 is 0 Å². The minimum absolute atomic E-state index is 0.596. The van der Waals surface area contributed by atoms with Gasteiger partial charge in [0.2, 0.25) is 4.73 Å². The van der Waals surface area contributed by atoms with Crippen LogP contribution in [0.5, 0.6) is 0 Å². The first-order chi connectivity index (χ1) is 5.74. The SMILES string of the molecule is CC#CCCn1nc(Br)nc1Br. The molecule has 0 saturated heterocycles. The molecule has 0 N–H and O–H groups in total. The number of halogens is 2. The first kappa shape index (κ1) is 9.75. The molecule has 3 nitrogen and oxygen atoms in total. The molecule has 0 saturated carbocycles. The molecular formula is C7H7Br2N3. The highest BCUT2D eigenvalue weighted by molar-refractivity contribution is 9.11. The van der Waals surface area contributed by atoms with Gasteiger partial charge in [-0.25, -0.2) is 4.68 Å². The maximum absolute atomic E-state index is 4.09. The lowest BCUT2D eigenvalue weighted by Gasteiger charge is -1.95. The van der Waals surface area contributed by atoms with Crippen molar-refractivity contribution in [3.63, 3.8) is 0 Å². The van der Waals surface area contributed by atoms with E-state index >= 15 is 0 Å². The molecule has 1 heterocycles. The lowest BCUT2D eigenvalue weighted by molar-refractivity contribution is 0.611. The highest BCUT2D eigenvalue weighted by Crippen LogP contribution is 2.10. The van der Waals surface area contributed by atoms with Gasteiger partial charge in [-0.05, 0) is 38.8 Å². The van der Waals surface area contributed by atoms with Gasteiger partial charge in [0.15, 0.2) is 4.73 Å². The van der Waals surface area contributed by atoms with E-state index in [2.05, 4.69) is 53.8 Å². The second kappa shape index (κ2) is 4.63. The molecule has 1 aromatic heterocycles. The monoisotopic (exact) mass is 291 g/mol. The van der Waals surface area contributed by atoms with E-state index in [-0.39, 0.29) is 0 Å². The molecular weight excluding hydrogens is 286 g/mol. The zero-order chi connectivity index (χ0) is 8.97. The molecule has 12 heavy (non-hydrogen) atoms. The maximum atomic E-state index is 4.09. The largest absolute Gasteiger partial charge is 0.238 e. The predicted octanol–water partition coefficient (Wildman–Crippen LogP) is 2.22. The van der Waals surface area contributed by atoms with Gasteiger partial charge in [0, 0.05) is 6.42 Å². The third-order valence-corrected chi connectivity index (χ3v) is 2.15. The van der Waals surface area contributed by atoms with Crippen molar-refractivity contribution >= 4 is 31.9 Å². The Balaban J connectivity index is 2.60. The van der Waals surface area contributed by atoms with Gasteiger partial charge in [-0.3, -0.25) is 0 Å². The Morgan fingerprint density at radius 2 is 2.25 bits per heavy atom. The van der Waals surface area contributed by atoms with E-state index in [0.29, 0.717) is 4.73 Å². The van der Waals surface area contributed by atoms with Crippen LogP contribution in [0.15, 0.2) is 9.47 Å². The second-order valence-corrected chi connectivity index (χ2v) is 3.47. The van der Waals surface area contributed by atoms with Crippen LogP contribution in [0.1, 0.15) is 13.3 Å². The third-order valence-electron chi connectivity index (χ3n) is 1.23. The van der Waals surface area contributed by atoms with E-state index < -0.39 is 0 Å². The molecule has 0 aliphatic carbocycles. The van der Waals surface area contributed by atoms with Gasteiger partial charge in [-0.1, -0.05) is 0 Å². The van der Waals surface area contributed by atoms with Gasteiger partial charge in [-0.15, -0.1) is 16.9 Å². The Hall–Kier alpha value is -0.340. The van der Waals surface area contributed by atoms with E-state index in [1.807, 2.05) is 6.92 Å². The molecule has 0 aliphatic rings. The highest BCUT2D eigenvalue weighted by Gasteiger charge is 2.02. The van der Waals surface area contributed by atoms with Crippen molar-refractivity contribution in [2.45, 2.75) is 19.9 Å². The second-order valence-electron chi connectivity index (χ2n) is 2.05. The van der Waals surface area contributed by atoms with Crippen LogP contribution in [0.2, 0.25) is 0 Å².